The molecule has 2 aromatic rings. The van der Waals surface area contributed by atoms with Crippen LogP contribution in [0.25, 0.3) is 0 Å². The van der Waals surface area contributed by atoms with Gasteiger partial charge in [-0.25, -0.2) is 9.18 Å². The van der Waals surface area contributed by atoms with E-state index >= 15 is 0 Å². The third kappa shape index (κ3) is 5.77. The average Bonchev–Trinajstić information content (AvgIpc) is 3.19. The summed E-state index contributed by atoms with van der Waals surface area (Å²) in [6, 6.07) is 5.37. The predicted octanol–water partition coefficient (Wildman–Crippen LogP) is 3.21. The molecule has 1 saturated heterocycles. The number of hydrogen-bond acceptors (Lipinski definition) is 5. The van der Waals surface area contributed by atoms with Crippen LogP contribution in [0.2, 0.25) is 0 Å². The van der Waals surface area contributed by atoms with Crippen LogP contribution in [-0.2, 0) is 16.6 Å². The molecule has 3 rings (SSSR count). The highest BCUT2D eigenvalue weighted by atomic mass is 19.1. The van der Waals surface area contributed by atoms with E-state index in [2.05, 4.69) is 15.5 Å². The SMILES string of the molecule is CC(C)(C)c1noc(CCCC(=O)N2CCN(C(=O)Nc3ccc(F)cc3)CC2)n1. The molecule has 0 spiro atoms. The van der Waals surface area contributed by atoms with Crippen LogP contribution in [0.5, 0.6) is 0 Å². The molecule has 0 bridgehead atoms. The zero-order valence-corrected chi connectivity index (χ0v) is 17.7. The Balaban J connectivity index is 1.39. The number of rotatable bonds is 5. The molecule has 0 aliphatic carbocycles. The van der Waals surface area contributed by atoms with Gasteiger partial charge < -0.3 is 19.6 Å². The number of aromatic nitrogens is 2. The van der Waals surface area contributed by atoms with Gasteiger partial charge in [-0.2, -0.15) is 4.98 Å². The van der Waals surface area contributed by atoms with E-state index in [1.807, 2.05) is 20.8 Å². The fourth-order valence-corrected chi connectivity index (χ4v) is 3.10. The summed E-state index contributed by atoms with van der Waals surface area (Å²) in [5.74, 6) is 0.923. The Morgan fingerprint density at radius 1 is 1.10 bits per heavy atom. The molecule has 3 amide bonds. The van der Waals surface area contributed by atoms with Gasteiger partial charge in [0.25, 0.3) is 0 Å². The number of nitrogens with one attached hydrogen (secondary N) is 1. The molecule has 2 heterocycles. The quantitative estimate of drug-likeness (QED) is 0.807. The minimum Gasteiger partial charge on any atom is -0.339 e. The van der Waals surface area contributed by atoms with Crippen molar-refractivity contribution >= 4 is 17.6 Å². The molecular formula is C21H28FN5O3. The fourth-order valence-electron chi connectivity index (χ4n) is 3.10. The lowest BCUT2D eigenvalue weighted by atomic mass is 9.96. The minimum atomic E-state index is -0.353. The minimum absolute atomic E-state index is 0.0594. The molecule has 1 N–H and O–H groups in total. The molecule has 162 valence electrons. The summed E-state index contributed by atoms with van der Waals surface area (Å²) in [5.41, 5.74) is 0.371. The van der Waals surface area contributed by atoms with Crippen molar-refractivity contribution in [3.8, 4) is 0 Å². The first-order valence-electron chi connectivity index (χ1n) is 10.1. The van der Waals surface area contributed by atoms with Gasteiger partial charge in [-0.05, 0) is 30.7 Å². The first kappa shape index (κ1) is 21.7. The topological polar surface area (TPSA) is 91.6 Å². The molecule has 9 heteroatoms. The molecule has 0 radical (unpaired) electrons. The Labute approximate surface area is 175 Å². The van der Waals surface area contributed by atoms with Crippen LogP contribution >= 0.6 is 0 Å². The predicted molar refractivity (Wildman–Crippen MR) is 110 cm³/mol. The molecule has 30 heavy (non-hydrogen) atoms. The van der Waals surface area contributed by atoms with Crippen LogP contribution in [0.15, 0.2) is 28.8 Å². The van der Waals surface area contributed by atoms with E-state index in [-0.39, 0.29) is 23.2 Å². The molecule has 1 aromatic heterocycles. The van der Waals surface area contributed by atoms with Gasteiger partial charge in [0, 0.05) is 50.1 Å². The molecule has 8 nitrogen and oxygen atoms in total. The van der Waals surface area contributed by atoms with Gasteiger partial charge in [0.15, 0.2) is 5.82 Å². The van der Waals surface area contributed by atoms with Crippen LogP contribution in [-0.4, -0.2) is 58.1 Å². The van der Waals surface area contributed by atoms with Gasteiger partial charge in [-0.1, -0.05) is 25.9 Å². The van der Waals surface area contributed by atoms with E-state index in [0.29, 0.717) is 62.8 Å². The van der Waals surface area contributed by atoms with E-state index in [1.165, 1.54) is 24.3 Å². The van der Waals surface area contributed by atoms with Crippen LogP contribution in [0.1, 0.15) is 45.3 Å². The largest absolute Gasteiger partial charge is 0.339 e. The van der Waals surface area contributed by atoms with Crippen molar-refractivity contribution in [1.82, 2.24) is 19.9 Å². The van der Waals surface area contributed by atoms with E-state index in [1.54, 1.807) is 9.80 Å². The van der Waals surface area contributed by atoms with E-state index in [4.69, 9.17) is 4.52 Å². The summed E-state index contributed by atoms with van der Waals surface area (Å²) in [6.07, 6.45) is 1.60. The highest BCUT2D eigenvalue weighted by molar-refractivity contribution is 5.89. The van der Waals surface area contributed by atoms with Gasteiger partial charge in [0.05, 0.1) is 0 Å². The number of halogens is 1. The number of amides is 3. The molecular weight excluding hydrogens is 389 g/mol. The number of piperazine rings is 1. The lowest BCUT2D eigenvalue weighted by Gasteiger charge is -2.34. The second-order valence-electron chi connectivity index (χ2n) is 8.42. The normalized spacial score (nSPS) is 14.7. The summed E-state index contributed by atoms with van der Waals surface area (Å²) in [6.45, 7) is 7.95. The lowest BCUT2D eigenvalue weighted by Crippen LogP contribution is -2.51. The number of aryl methyl sites for hydroxylation is 1. The number of anilines is 1. The van der Waals surface area contributed by atoms with Crippen molar-refractivity contribution in [3.63, 3.8) is 0 Å². The molecule has 1 fully saturated rings. The number of benzene rings is 1. The van der Waals surface area contributed by atoms with Crippen LogP contribution in [0.3, 0.4) is 0 Å². The van der Waals surface area contributed by atoms with Crippen molar-refractivity contribution in [2.24, 2.45) is 0 Å². The summed E-state index contributed by atoms with van der Waals surface area (Å²) in [4.78, 5) is 32.6. The highest BCUT2D eigenvalue weighted by Gasteiger charge is 2.24. The summed E-state index contributed by atoms with van der Waals surface area (Å²) in [7, 11) is 0. The van der Waals surface area contributed by atoms with E-state index < -0.39 is 0 Å². The van der Waals surface area contributed by atoms with Crippen molar-refractivity contribution in [1.29, 1.82) is 0 Å². The van der Waals surface area contributed by atoms with Crippen LogP contribution < -0.4 is 5.32 Å². The highest BCUT2D eigenvalue weighted by Crippen LogP contribution is 2.19. The maximum Gasteiger partial charge on any atom is 0.321 e. The Hall–Kier alpha value is -2.97. The maximum atomic E-state index is 13.0. The Morgan fingerprint density at radius 3 is 2.33 bits per heavy atom. The van der Waals surface area contributed by atoms with Gasteiger partial charge in [-0.3, -0.25) is 4.79 Å². The molecule has 1 aromatic carbocycles. The van der Waals surface area contributed by atoms with Crippen molar-refractivity contribution in [2.75, 3.05) is 31.5 Å². The zero-order valence-electron chi connectivity index (χ0n) is 17.7. The average molecular weight is 417 g/mol. The van der Waals surface area contributed by atoms with Crippen molar-refractivity contribution in [2.45, 2.75) is 45.4 Å². The third-order valence-electron chi connectivity index (χ3n) is 4.94. The number of carbonyl (C=O) groups is 2. The van der Waals surface area contributed by atoms with Crippen LogP contribution in [0, 0.1) is 5.82 Å². The Morgan fingerprint density at radius 2 is 1.73 bits per heavy atom. The smallest absolute Gasteiger partial charge is 0.321 e. The van der Waals surface area contributed by atoms with Gasteiger partial charge in [0.2, 0.25) is 11.8 Å². The summed E-state index contributed by atoms with van der Waals surface area (Å²) >= 11 is 0. The second kappa shape index (κ2) is 9.23. The number of carbonyl (C=O) groups excluding carboxylic acids is 2. The third-order valence-corrected chi connectivity index (χ3v) is 4.94. The van der Waals surface area contributed by atoms with E-state index in [9.17, 15) is 14.0 Å². The molecule has 0 atom stereocenters. The number of hydrogen-bond donors (Lipinski definition) is 1. The molecule has 1 aliphatic rings. The Bertz CT molecular complexity index is 868. The first-order chi connectivity index (χ1) is 14.2. The number of nitrogens with zero attached hydrogens (tertiary/aromatic N) is 4. The number of urea groups is 1. The zero-order chi connectivity index (χ0) is 21.7. The lowest BCUT2D eigenvalue weighted by molar-refractivity contribution is -0.132. The summed E-state index contributed by atoms with van der Waals surface area (Å²) in [5, 5.41) is 6.73. The fraction of sp³-hybridized carbons (Fsp3) is 0.524. The standard InChI is InChI=1S/C21H28FN5O3/c1-21(2,3)19-24-17(30-25-19)5-4-6-18(28)26-11-13-27(14-12-26)20(29)23-16-9-7-15(22)8-10-16/h7-10H,4-6,11-14H2,1-3H3,(H,23,29). The second-order valence-corrected chi connectivity index (χ2v) is 8.42. The van der Waals surface area contributed by atoms with Crippen LogP contribution in [0.4, 0.5) is 14.9 Å². The first-order valence-corrected chi connectivity index (χ1v) is 10.1. The van der Waals surface area contributed by atoms with Gasteiger partial charge in [-0.15, -0.1) is 0 Å². The maximum absolute atomic E-state index is 13.0. The van der Waals surface area contributed by atoms with Gasteiger partial charge in [0.1, 0.15) is 5.82 Å². The monoisotopic (exact) mass is 417 g/mol. The molecule has 0 unspecified atom stereocenters. The molecule has 0 saturated carbocycles. The van der Waals surface area contributed by atoms with Crippen molar-refractivity contribution in [3.05, 3.63) is 41.8 Å². The van der Waals surface area contributed by atoms with E-state index in [0.717, 1.165) is 0 Å². The Kier molecular flexibility index (Phi) is 6.69. The summed E-state index contributed by atoms with van der Waals surface area (Å²) < 4.78 is 18.2. The van der Waals surface area contributed by atoms with Gasteiger partial charge >= 0.3 is 6.03 Å². The molecule has 1 aliphatic heterocycles. The van der Waals surface area contributed by atoms with Crippen molar-refractivity contribution < 1.29 is 18.5 Å².